The highest BCUT2D eigenvalue weighted by molar-refractivity contribution is 7.84. The minimum atomic E-state index is -4.63. The molecule has 0 atom stereocenters. The fraction of sp³-hybridized carbons (Fsp3) is 0.125. The monoisotopic (exact) mass is 378 g/mol. The fourth-order valence-corrected chi connectivity index (χ4v) is 3.08. The Morgan fingerprint density at radius 3 is 2.77 bits per heavy atom. The van der Waals surface area contributed by atoms with Crippen LogP contribution >= 0.6 is 0 Å². The molecule has 0 radical (unpaired) electrons. The third kappa shape index (κ3) is 3.51. The van der Waals surface area contributed by atoms with Crippen molar-refractivity contribution in [3.8, 4) is 5.82 Å². The van der Waals surface area contributed by atoms with E-state index in [-0.39, 0.29) is 5.82 Å². The van der Waals surface area contributed by atoms with Crippen LogP contribution in [0.4, 0.5) is 4.39 Å². The minimum absolute atomic E-state index is 0.349. The lowest BCUT2D eigenvalue weighted by molar-refractivity contribution is -0.114. The number of amides is 1. The van der Waals surface area contributed by atoms with Crippen molar-refractivity contribution in [2.45, 2.75) is 6.92 Å². The predicted molar refractivity (Wildman–Crippen MR) is 93.5 cm³/mol. The van der Waals surface area contributed by atoms with Crippen LogP contribution in [-0.4, -0.2) is 33.2 Å². The number of carbonyl (C=O) groups is 1. The number of hydrogen-bond acceptors (Lipinski definition) is 4. The third-order valence-corrected chi connectivity index (χ3v) is 4.21. The number of hydrogen-bond donors (Lipinski definition) is 2. The molecule has 0 fully saturated rings. The lowest BCUT2D eigenvalue weighted by Gasteiger charge is -2.08. The van der Waals surface area contributed by atoms with E-state index in [2.05, 4.69) is 5.10 Å². The van der Waals surface area contributed by atoms with Crippen LogP contribution in [0.3, 0.4) is 0 Å². The SMILES string of the molecule is Cc1nn(C)c(-n2ccc3cc(F)ccc32)c1/C=C/C(=O)NS(=O)(=O)O. The predicted octanol–water partition coefficient (Wildman–Crippen LogP) is 1.74. The second kappa shape index (κ2) is 6.39. The van der Waals surface area contributed by atoms with Crippen LogP contribution < -0.4 is 4.72 Å². The highest BCUT2D eigenvalue weighted by Gasteiger charge is 2.16. The summed E-state index contributed by atoms with van der Waals surface area (Å²) in [4.78, 5) is 11.6. The topological polar surface area (TPSA) is 106 Å². The smallest absolute Gasteiger partial charge is 0.301 e. The number of fused-ring (bicyclic) bond motifs is 1. The van der Waals surface area contributed by atoms with Gasteiger partial charge in [0.25, 0.3) is 5.91 Å². The largest absolute Gasteiger partial charge is 0.359 e. The van der Waals surface area contributed by atoms with Crippen molar-refractivity contribution in [3.05, 3.63) is 53.6 Å². The van der Waals surface area contributed by atoms with Crippen molar-refractivity contribution in [3.63, 3.8) is 0 Å². The summed E-state index contributed by atoms with van der Waals surface area (Å²) in [6.07, 6.45) is 4.12. The minimum Gasteiger partial charge on any atom is -0.301 e. The van der Waals surface area contributed by atoms with Crippen molar-refractivity contribution >= 4 is 33.2 Å². The van der Waals surface area contributed by atoms with Crippen molar-refractivity contribution in [1.29, 1.82) is 0 Å². The maximum atomic E-state index is 13.4. The zero-order valence-electron chi connectivity index (χ0n) is 13.8. The molecule has 2 aromatic heterocycles. The van der Waals surface area contributed by atoms with Crippen LogP contribution in [-0.2, 0) is 22.1 Å². The van der Waals surface area contributed by atoms with E-state index in [1.54, 1.807) is 41.5 Å². The van der Waals surface area contributed by atoms with Gasteiger partial charge < -0.3 is 4.57 Å². The number of nitrogens with zero attached hydrogens (tertiary/aromatic N) is 3. The first-order valence-electron chi connectivity index (χ1n) is 7.43. The molecule has 0 aliphatic carbocycles. The van der Waals surface area contributed by atoms with E-state index >= 15 is 0 Å². The second-order valence-corrected chi connectivity index (χ2v) is 6.76. The summed E-state index contributed by atoms with van der Waals surface area (Å²) < 4.78 is 48.2. The normalized spacial score (nSPS) is 12.2. The summed E-state index contributed by atoms with van der Waals surface area (Å²) in [6.45, 7) is 1.73. The number of benzene rings is 1. The van der Waals surface area contributed by atoms with Crippen LogP contribution in [0.1, 0.15) is 11.3 Å². The molecule has 1 amide bonds. The van der Waals surface area contributed by atoms with Gasteiger partial charge in [-0.3, -0.25) is 14.0 Å². The van der Waals surface area contributed by atoms with Gasteiger partial charge in [0.05, 0.1) is 11.2 Å². The van der Waals surface area contributed by atoms with Gasteiger partial charge in [-0.2, -0.15) is 13.5 Å². The van der Waals surface area contributed by atoms with Crippen LogP contribution in [0.5, 0.6) is 0 Å². The first-order chi connectivity index (χ1) is 12.2. The Morgan fingerprint density at radius 1 is 1.35 bits per heavy atom. The summed E-state index contributed by atoms with van der Waals surface area (Å²) in [6, 6.07) is 6.13. The van der Waals surface area contributed by atoms with E-state index in [0.29, 0.717) is 22.5 Å². The van der Waals surface area contributed by atoms with Crippen LogP contribution in [0, 0.1) is 12.7 Å². The molecule has 8 nitrogen and oxygen atoms in total. The Bertz CT molecular complexity index is 1140. The van der Waals surface area contributed by atoms with Gasteiger partial charge in [-0.25, -0.2) is 9.11 Å². The molecule has 0 aliphatic rings. The van der Waals surface area contributed by atoms with Gasteiger partial charge >= 0.3 is 10.3 Å². The van der Waals surface area contributed by atoms with Crippen LogP contribution in [0.25, 0.3) is 22.8 Å². The Labute approximate surface area is 148 Å². The van der Waals surface area contributed by atoms with Crippen LogP contribution in [0.15, 0.2) is 36.5 Å². The van der Waals surface area contributed by atoms with Gasteiger partial charge in [-0.15, -0.1) is 0 Å². The number of nitrogens with one attached hydrogen (secondary N) is 1. The molecule has 10 heteroatoms. The quantitative estimate of drug-likeness (QED) is 0.531. The Balaban J connectivity index is 2.07. The first kappa shape index (κ1) is 17.8. The molecule has 0 saturated carbocycles. The summed E-state index contributed by atoms with van der Waals surface area (Å²) in [5, 5.41) is 5.01. The lowest BCUT2D eigenvalue weighted by atomic mass is 10.2. The maximum absolute atomic E-state index is 13.4. The van der Waals surface area contributed by atoms with Gasteiger partial charge in [-0.1, -0.05) is 0 Å². The van der Waals surface area contributed by atoms with Gasteiger partial charge in [0.1, 0.15) is 11.6 Å². The number of carbonyl (C=O) groups excluding carboxylic acids is 1. The molecule has 26 heavy (non-hydrogen) atoms. The zero-order chi connectivity index (χ0) is 19.1. The molecule has 1 aromatic carbocycles. The molecule has 2 heterocycles. The number of aromatic nitrogens is 3. The molecular weight excluding hydrogens is 363 g/mol. The van der Waals surface area contributed by atoms with Crippen molar-refractivity contribution in [2.24, 2.45) is 7.05 Å². The van der Waals surface area contributed by atoms with Crippen LogP contribution in [0.2, 0.25) is 0 Å². The van der Waals surface area contributed by atoms with E-state index in [0.717, 1.165) is 11.6 Å². The molecule has 0 unspecified atom stereocenters. The van der Waals surface area contributed by atoms with Crippen molar-refractivity contribution in [1.82, 2.24) is 19.1 Å². The molecule has 3 aromatic rings. The Morgan fingerprint density at radius 2 is 2.08 bits per heavy atom. The Hall–Kier alpha value is -2.98. The zero-order valence-corrected chi connectivity index (χ0v) is 14.7. The third-order valence-electron chi connectivity index (χ3n) is 3.75. The summed E-state index contributed by atoms with van der Waals surface area (Å²) in [5.74, 6) is -0.736. The summed E-state index contributed by atoms with van der Waals surface area (Å²) in [5.41, 5.74) is 1.91. The van der Waals surface area contributed by atoms with Gasteiger partial charge in [0, 0.05) is 30.3 Å². The number of aryl methyl sites for hydroxylation is 2. The van der Waals surface area contributed by atoms with Crippen molar-refractivity contribution in [2.75, 3.05) is 0 Å². The molecule has 0 spiro atoms. The number of rotatable bonds is 4. The standard InChI is InChI=1S/C16H15FN4O4S/c1-10-13(4-6-15(22)19-26(23,24)25)16(20(2)18-10)21-8-7-11-9-12(17)3-5-14(11)21/h3-9H,1-2H3,(H,19,22)(H,23,24,25)/b6-4+. The molecule has 2 N–H and O–H groups in total. The molecule has 136 valence electrons. The van der Waals surface area contributed by atoms with E-state index in [4.69, 9.17) is 4.55 Å². The molecule has 0 aliphatic heterocycles. The average Bonchev–Trinajstić information content (AvgIpc) is 3.03. The van der Waals surface area contributed by atoms with Gasteiger partial charge in [0.2, 0.25) is 0 Å². The van der Waals surface area contributed by atoms with Crippen molar-refractivity contribution < 1.29 is 22.2 Å². The highest BCUT2D eigenvalue weighted by atomic mass is 32.2. The molecular formula is C16H15FN4O4S. The molecule has 0 saturated heterocycles. The lowest BCUT2D eigenvalue weighted by Crippen LogP contribution is -2.27. The van der Waals surface area contributed by atoms with E-state index in [1.807, 2.05) is 0 Å². The van der Waals surface area contributed by atoms with Gasteiger partial charge in [0.15, 0.2) is 0 Å². The first-order valence-corrected chi connectivity index (χ1v) is 8.87. The summed E-state index contributed by atoms with van der Waals surface area (Å²) >= 11 is 0. The maximum Gasteiger partial charge on any atom is 0.359 e. The molecule has 3 rings (SSSR count). The van der Waals surface area contributed by atoms with Gasteiger partial charge in [-0.05, 0) is 37.3 Å². The summed E-state index contributed by atoms with van der Waals surface area (Å²) in [7, 11) is -2.92. The number of halogens is 1. The highest BCUT2D eigenvalue weighted by Crippen LogP contribution is 2.26. The van der Waals surface area contributed by atoms with E-state index in [1.165, 1.54) is 22.9 Å². The fourth-order valence-electron chi connectivity index (χ4n) is 2.76. The molecule has 0 bridgehead atoms. The van der Waals surface area contributed by atoms with E-state index in [9.17, 15) is 17.6 Å². The second-order valence-electron chi connectivity index (χ2n) is 5.61. The Kier molecular flexibility index (Phi) is 4.38. The average molecular weight is 378 g/mol. The van der Waals surface area contributed by atoms with E-state index < -0.39 is 16.2 Å².